The number of piperidine rings is 1. The fourth-order valence-electron chi connectivity index (χ4n) is 3.49. The molecule has 1 saturated heterocycles. The summed E-state index contributed by atoms with van der Waals surface area (Å²) in [5, 5.41) is 0.763. The molecule has 1 aromatic carbocycles. The van der Waals surface area contributed by atoms with E-state index in [2.05, 4.69) is 4.98 Å². The average Bonchev–Trinajstić information content (AvgIpc) is 2.62. The van der Waals surface area contributed by atoms with Crippen LogP contribution in [0.4, 0.5) is 0 Å². The van der Waals surface area contributed by atoms with Gasteiger partial charge in [0.05, 0.1) is 20.8 Å². The second kappa shape index (κ2) is 6.33. The molecule has 1 aliphatic heterocycles. The van der Waals surface area contributed by atoms with E-state index in [0.717, 1.165) is 12.8 Å². The Morgan fingerprint density at radius 1 is 1.23 bits per heavy atom. The van der Waals surface area contributed by atoms with Crippen LogP contribution in [-0.2, 0) is 10.0 Å². The molecule has 0 aliphatic carbocycles. The summed E-state index contributed by atoms with van der Waals surface area (Å²) in [6.45, 7) is 3.06. The Balaban J connectivity index is 1.89. The Morgan fingerprint density at radius 3 is 2.81 bits per heavy atom. The Morgan fingerprint density at radius 2 is 2.04 bits per heavy atom. The summed E-state index contributed by atoms with van der Waals surface area (Å²) in [4.78, 5) is 16.6. The van der Waals surface area contributed by atoms with Crippen LogP contribution in [-0.4, -0.2) is 35.2 Å². The molecule has 1 fully saturated rings. The second-order valence-electron chi connectivity index (χ2n) is 6.78. The number of fused-ring (bicyclic) bond motifs is 3. The molecule has 4 rings (SSSR count). The Hall–Kier alpha value is -1.96. The van der Waals surface area contributed by atoms with Gasteiger partial charge in [-0.1, -0.05) is 18.5 Å². The minimum absolute atomic E-state index is 0.125. The van der Waals surface area contributed by atoms with Gasteiger partial charge in [0.2, 0.25) is 10.0 Å². The van der Waals surface area contributed by atoms with Crippen molar-refractivity contribution < 1.29 is 8.42 Å². The van der Waals surface area contributed by atoms with Gasteiger partial charge in [0, 0.05) is 19.3 Å². The number of hydrogen-bond donors (Lipinski definition) is 0. The van der Waals surface area contributed by atoms with Crippen LogP contribution in [0.25, 0.3) is 16.6 Å². The van der Waals surface area contributed by atoms with Gasteiger partial charge in [-0.25, -0.2) is 8.42 Å². The smallest absolute Gasteiger partial charge is 0.281 e. The molecule has 0 spiro atoms. The monoisotopic (exact) mass is 391 g/mol. The number of nitrogens with zero attached hydrogens (tertiary/aromatic N) is 3. The maximum absolute atomic E-state index is 13.0. The van der Waals surface area contributed by atoms with Gasteiger partial charge in [0.15, 0.2) is 0 Å². The van der Waals surface area contributed by atoms with Gasteiger partial charge in [-0.3, -0.25) is 9.20 Å². The average molecular weight is 392 g/mol. The van der Waals surface area contributed by atoms with Crippen LogP contribution in [0.3, 0.4) is 0 Å². The highest BCUT2D eigenvalue weighted by molar-refractivity contribution is 7.89. The number of sulfonamides is 1. The number of benzene rings is 1. The van der Waals surface area contributed by atoms with E-state index in [4.69, 9.17) is 11.6 Å². The van der Waals surface area contributed by atoms with Crippen molar-refractivity contribution in [3.63, 3.8) is 0 Å². The highest BCUT2D eigenvalue weighted by Crippen LogP contribution is 2.25. The van der Waals surface area contributed by atoms with E-state index in [9.17, 15) is 13.2 Å². The van der Waals surface area contributed by atoms with Gasteiger partial charge in [-0.15, -0.1) is 0 Å². The molecule has 0 radical (unpaired) electrons. The van der Waals surface area contributed by atoms with Crippen molar-refractivity contribution >= 4 is 38.2 Å². The second-order valence-corrected chi connectivity index (χ2v) is 9.16. The Bertz CT molecular complexity index is 1170. The SMILES string of the molecule is C[C@H]1CCCN(S(=O)(=O)c2ccc3c(c2)c(=O)nc2ccc(Cl)cn23)C1. The van der Waals surface area contributed by atoms with Gasteiger partial charge in [-0.2, -0.15) is 9.29 Å². The molecule has 6 nitrogen and oxygen atoms in total. The van der Waals surface area contributed by atoms with Crippen LogP contribution in [0.2, 0.25) is 5.02 Å². The quantitative estimate of drug-likeness (QED) is 0.630. The van der Waals surface area contributed by atoms with Gasteiger partial charge >= 0.3 is 0 Å². The summed E-state index contributed by atoms with van der Waals surface area (Å²) in [6, 6.07) is 7.92. The standard InChI is InChI=1S/C18H18ClN3O3S/c1-12-3-2-8-21(10-12)26(24,25)14-5-6-16-15(9-14)18(23)20-17-7-4-13(19)11-22(16)17/h4-7,9,11-12H,2-3,8,10H2,1H3/t12-/m0/s1. The summed E-state index contributed by atoms with van der Waals surface area (Å²) in [5.74, 6) is 0.331. The first-order valence-electron chi connectivity index (χ1n) is 8.48. The summed E-state index contributed by atoms with van der Waals surface area (Å²) in [7, 11) is -3.63. The van der Waals surface area contributed by atoms with Crippen LogP contribution in [0.5, 0.6) is 0 Å². The normalized spacial score (nSPS) is 19.2. The van der Waals surface area contributed by atoms with Gasteiger partial charge < -0.3 is 0 Å². The highest BCUT2D eigenvalue weighted by Gasteiger charge is 2.29. The number of rotatable bonds is 2. The fourth-order valence-corrected chi connectivity index (χ4v) is 5.27. The van der Waals surface area contributed by atoms with E-state index < -0.39 is 15.6 Å². The van der Waals surface area contributed by atoms with E-state index in [-0.39, 0.29) is 10.3 Å². The van der Waals surface area contributed by atoms with Crippen molar-refractivity contribution in [1.29, 1.82) is 0 Å². The Kier molecular flexibility index (Phi) is 4.25. The third-order valence-corrected chi connectivity index (χ3v) is 6.91. The number of halogens is 1. The zero-order valence-corrected chi connectivity index (χ0v) is 15.8. The van der Waals surface area contributed by atoms with Gasteiger partial charge in [0.1, 0.15) is 5.65 Å². The lowest BCUT2D eigenvalue weighted by molar-refractivity contribution is 0.281. The van der Waals surface area contributed by atoms with Crippen molar-refractivity contribution in [1.82, 2.24) is 13.7 Å². The van der Waals surface area contributed by atoms with Crippen LogP contribution < -0.4 is 5.56 Å². The molecular weight excluding hydrogens is 374 g/mol. The summed E-state index contributed by atoms with van der Waals surface area (Å²) in [6.07, 6.45) is 3.54. The molecule has 1 aliphatic rings. The summed E-state index contributed by atoms with van der Waals surface area (Å²) >= 11 is 6.05. The molecule has 0 N–H and O–H groups in total. The molecule has 0 bridgehead atoms. The van der Waals surface area contributed by atoms with E-state index in [1.807, 2.05) is 6.92 Å². The van der Waals surface area contributed by atoms with E-state index in [0.29, 0.717) is 35.2 Å². The van der Waals surface area contributed by atoms with Crippen molar-refractivity contribution in [3.8, 4) is 0 Å². The van der Waals surface area contributed by atoms with Crippen LogP contribution in [0, 0.1) is 5.92 Å². The number of aromatic nitrogens is 2. The molecule has 3 heterocycles. The zero-order valence-electron chi connectivity index (χ0n) is 14.2. The van der Waals surface area contributed by atoms with Crippen LogP contribution in [0.1, 0.15) is 19.8 Å². The minimum Gasteiger partial charge on any atom is -0.299 e. The first-order chi connectivity index (χ1) is 12.4. The third kappa shape index (κ3) is 2.90. The van der Waals surface area contributed by atoms with E-state index >= 15 is 0 Å². The minimum atomic E-state index is -3.63. The molecule has 3 aromatic rings. The Labute approximate surface area is 156 Å². The predicted octanol–water partition coefficient (Wildman–Crippen LogP) is 2.92. The predicted molar refractivity (Wildman–Crippen MR) is 101 cm³/mol. The maximum atomic E-state index is 13.0. The molecule has 136 valence electrons. The van der Waals surface area contributed by atoms with Gasteiger partial charge in [0.25, 0.3) is 5.56 Å². The first kappa shape index (κ1) is 17.5. The van der Waals surface area contributed by atoms with Crippen molar-refractivity contribution in [2.45, 2.75) is 24.7 Å². The van der Waals surface area contributed by atoms with E-state index in [1.54, 1.807) is 34.9 Å². The fraction of sp³-hybridized carbons (Fsp3) is 0.333. The third-order valence-electron chi connectivity index (χ3n) is 4.82. The number of hydrogen-bond acceptors (Lipinski definition) is 4. The molecule has 0 unspecified atom stereocenters. The number of pyridine rings is 1. The zero-order chi connectivity index (χ0) is 18.5. The lowest BCUT2D eigenvalue weighted by atomic mass is 10.0. The molecule has 0 saturated carbocycles. The lowest BCUT2D eigenvalue weighted by Gasteiger charge is -2.30. The lowest BCUT2D eigenvalue weighted by Crippen LogP contribution is -2.39. The molecule has 0 amide bonds. The van der Waals surface area contributed by atoms with Crippen LogP contribution in [0.15, 0.2) is 46.2 Å². The molecule has 1 atom stereocenters. The topological polar surface area (TPSA) is 71.8 Å². The van der Waals surface area contributed by atoms with Gasteiger partial charge in [-0.05, 0) is 49.1 Å². The van der Waals surface area contributed by atoms with Crippen molar-refractivity contribution in [2.75, 3.05) is 13.1 Å². The molecule has 26 heavy (non-hydrogen) atoms. The van der Waals surface area contributed by atoms with Crippen LogP contribution >= 0.6 is 11.6 Å². The van der Waals surface area contributed by atoms with E-state index in [1.165, 1.54) is 10.4 Å². The highest BCUT2D eigenvalue weighted by atomic mass is 35.5. The van der Waals surface area contributed by atoms with Crippen molar-refractivity contribution in [2.24, 2.45) is 5.92 Å². The molecular formula is C18H18ClN3O3S. The first-order valence-corrected chi connectivity index (χ1v) is 10.3. The summed E-state index contributed by atoms with van der Waals surface area (Å²) < 4.78 is 29.2. The summed E-state index contributed by atoms with van der Waals surface area (Å²) in [5.41, 5.74) is 0.590. The maximum Gasteiger partial charge on any atom is 0.281 e. The molecule has 2 aromatic heterocycles. The van der Waals surface area contributed by atoms with Crippen molar-refractivity contribution in [3.05, 3.63) is 51.9 Å². The molecule has 8 heteroatoms. The largest absolute Gasteiger partial charge is 0.299 e.